The highest BCUT2D eigenvalue weighted by atomic mass is 32.2. The summed E-state index contributed by atoms with van der Waals surface area (Å²) >= 11 is 0. The minimum absolute atomic E-state index is 0.146. The number of carbonyl (C=O) groups is 1. The van der Waals surface area contributed by atoms with Crippen LogP contribution >= 0.6 is 0 Å². The summed E-state index contributed by atoms with van der Waals surface area (Å²) in [7, 11) is -1.84. The fraction of sp³-hybridized carbons (Fsp3) is 0.174. The second-order valence-corrected chi connectivity index (χ2v) is 8.66. The normalized spacial score (nSPS) is 11.0. The molecule has 0 aliphatic rings. The van der Waals surface area contributed by atoms with E-state index in [0.717, 1.165) is 11.3 Å². The van der Waals surface area contributed by atoms with Crippen LogP contribution < -0.4 is 14.9 Å². The van der Waals surface area contributed by atoms with Gasteiger partial charge in [0.2, 0.25) is 0 Å². The quantitative estimate of drug-likeness (QED) is 0.580. The highest BCUT2D eigenvalue weighted by molar-refractivity contribution is 7.92. The van der Waals surface area contributed by atoms with E-state index in [9.17, 15) is 13.2 Å². The maximum Gasteiger partial charge on any atom is 0.261 e. The second-order valence-electron chi connectivity index (χ2n) is 6.98. The lowest BCUT2D eigenvalue weighted by Gasteiger charge is -2.19. The Kier molecular flexibility index (Phi) is 6.74. The summed E-state index contributed by atoms with van der Waals surface area (Å²) in [5.74, 6) is -0.335. The topological polar surface area (TPSA) is 78.5 Å². The summed E-state index contributed by atoms with van der Waals surface area (Å²) in [6.45, 7) is 2.93. The van der Waals surface area contributed by atoms with Gasteiger partial charge in [0, 0.05) is 25.8 Å². The molecule has 2 N–H and O–H groups in total. The van der Waals surface area contributed by atoms with Crippen LogP contribution in [0.3, 0.4) is 0 Å². The zero-order valence-electron chi connectivity index (χ0n) is 17.0. The zero-order chi connectivity index (χ0) is 21.6. The standard InChI is InChI=1S/C23H25N3O3S/c1-18-12-14-20(15-13-18)30(28,29)25-22-11-7-6-10-21(22)23(27)24-16-17-26(2)19-8-4-3-5-9-19/h3-15,25H,16-17H2,1-2H3,(H,24,27). The Morgan fingerprint density at radius 2 is 1.53 bits per heavy atom. The fourth-order valence-electron chi connectivity index (χ4n) is 2.94. The van der Waals surface area contributed by atoms with E-state index in [-0.39, 0.29) is 22.1 Å². The molecule has 0 aromatic heterocycles. The average molecular weight is 424 g/mol. The van der Waals surface area contributed by atoms with Crippen LogP contribution in [0.15, 0.2) is 83.8 Å². The van der Waals surface area contributed by atoms with E-state index in [2.05, 4.69) is 10.0 Å². The van der Waals surface area contributed by atoms with Crippen LogP contribution in [0, 0.1) is 6.92 Å². The molecule has 7 heteroatoms. The number of rotatable bonds is 8. The minimum atomic E-state index is -3.79. The average Bonchev–Trinajstić information content (AvgIpc) is 2.74. The lowest BCUT2D eigenvalue weighted by atomic mass is 10.1. The molecule has 0 unspecified atom stereocenters. The SMILES string of the molecule is Cc1ccc(S(=O)(=O)Nc2ccccc2C(=O)NCCN(C)c2ccccc2)cc1. The van der Waals surface area contributed by atoms with Crippen LogP contribution in [-0.4, -0.2) is 34.5 Å². The predicted octanol–water partition coefficient (Wildman–Crippen LogP) is 3.66. The Bertz CT molecular complexity index is 1100. The maximum atomic E-state index is 12.7. The molecule has 3 aromatic carbocycles. The molecule has 0 aliphatic carbocycles. The van der Waals surface area contributed by atoms with Crippen molar-refractivity contribution in [1.29, 1.82) is 0 Å². The number of carbonyl (C=O) groups excluding carboxylic acids is 1. The predicted molar refractivity (Wildman–Crippen MR) is 120 cm³/mol. The molecule has 0 aliphatic heterocycles. The van der Waals surface area contributed by atoms with Gasteiger partial charge >= 0.3 is 0 Å². The van der Waals surface area contributed by atoms with Crippen LogP contribution in [0.2, 0.25) is 0 Å². The lowest BCUT2D eigenvalue weighted by molar-refractivity contribution is 0.0955. The molecule has 0 saturated heterocycles. The van der Waals surface area contributed by atoms with Gasteiger partial charge in [-0.3, -0.25) is 9.52 Å². The van der Waals surface area contributed by atoms with Crippen molar-refractivity contribution < 1.29 is 13.2 Å². The molecule has 0 atom stereocenters. The van der Waals surface area contributed by atoms with Crippen molar-refractivity contribution in [2.45, 2.75) is 11.8 Å². The van der Waals surface area contributed by atoms with Crippen molar-refractivity contribution >= 4 is 27.3 Å². The van der Waals surface area contributed by atoms with Crippen LogP contribution in [0.5, 0.6) is 0 Å². The number of nitrogens with one attached hydrogen (secondary N) is 2. The van der Waals surface area contributed by atoms with Gasteiger partial charge in [-0.15, -0.1) is 0 Å². The molecule has 6 nitrogen and oxygen atoms in total. The first kappa shape index (κ1) is 21.4. The van der Waals surface area contributed by atoms with Crippen LogP contribution in [0.25, 0.3) is 0 Å². The van der Waals surface area contributed by atoms with Crippen LogP contribution in [0.4, 0.5) is 11.4 Å². The molecular weight excluding hydrogens is 398 g/mol. The van der Waals surface area contributed by atoms with Gasteiger partial charge in [-0.2, -0.15) is 0 Å². The second kappa shape index (κ2) is 9.45. The maximum absolute atomic E-state index is 12.7. The molecule has 3 rings (SSSR count). The third-order valence-electron chi connectivity index (χ3n) is 4.68. The molecule has 0 heterocycles. The highest BCUT2D eigenvalue weighted by Gasteiger charge is 2.18. The number of likely N-dealkylation sites (N-methyl/N-ethyl adjacent to an activating group) is 1. The fourth-order valence-corrected chi connectivity index (χ4v) is 4.01. The molecular formula is C23H25N3O3S. The zero-order valence-corrected chi connectivity index (χ0v) is 17.8. The summed E-state index contributed by atoms with van der Waals surface area (Å²) in [5.41, 5.74) is 2.54. The molecule has 0 saturated carbocycles. The molecule has 0 fully saturated rings. The van der Waals surface area contributed by atoms with Gasteiger partial charge < -0.3 is 10.2 Å². The lowest BCUT2D eigenvalue weighted by Crippen LogP contribution is -2.33. The number of para-hydroxylation sites is 2. The summed E-state index contributed by atoms with van der Waals surface area (Å²) in [6.07, 6.45) is 0. The van der Waals surface area contributed by atoms with Crippen molar-refractivity contribution in [2.75, 3.05) is 29.8 Å². The monoisotopic (exact) mass is 423 g/mol. The third kappa shape index (κ3) is 5.39. The first-order valence-electron chi connectivity index (χ1n) is 9.60. The van der Waals surface area contributed by atoms with Gasteiger partial charge in [0.1, 0.15) is 0 Å². The molecule has 3 aromatic rings. The summed E-state index contributed by atoms with van der Waals surface area (Å²) in [4.78, 5) is 14.9. The largest absolute Gasteiger partial charge is 0.373 e. The number of hydrogen-bond acceptors (Lipinski definition) is 4. The number of nitrogens with zero attached hydrogens (tertiary/aromatic N) is 1. The number of anilines is 2. The van der Waals surface area contributed by atoms with E-state index in [1.54, 1.807) is 48.5 Å². The Hall–Kier alpha value is -3.32. The Labute approximate surface area is 177 Å². The van der Waals surface area contributed by atoms with Gasteiger partial charge in [-0.05, 0) is 43.3 Å². The highest BCUT2D eigenvalue weighted by Crippen LogP contribution is 2.20. The first-order chi connectivity index (χ1) is 14.4. The molecule has 1 amide bonds. The van der Waals surface area contributed by atoms with Gasteiger partial charge in [-0.25, -0.2) is 8.42 Å². The Balaban J connectivity index is 1.67. The van der Waals surface area contributed by atoms with Crippen LogP contribution in [0.1, 0.15) is 15.9 Å². The summed E-state index contributed by atoms with van der Waals surface area (Å²) in [6, 6.07) is 23.0. The summed E-state index contributed by atoms with van der Waals surface area (Å²) in [5, 5.41) is 2.86. The smallest absolute Gasteiger partial charge is 0.261 e. The Morgan fingerprint density at radius 3 is 2.23 bits per heavy atom. The minimum Gasteiger partial charge on any atom is -0.373 e. The van der Waals surface area contributed by atoms with Gasteiger partial charge in [0.15, 0.2) is 0 Å². The van der Waals surface area contributed by atoms with E-state index in [4.69, 9.17) is 0 Å². The molecule has 0 bridgehead atoms. The van der Waals surface area contributed by atoms with Crippen molar-refractivity contribution in [3.05, 3.63) is 90.0 Å². The number of amides is 1. The van der Waals surface area contributed by atoms with Gasteiger partial charge in [0.25, 0.3) is 15.9 Å². The van der Waals surface area contributed by atoms with E-state index in [0.29, 0.717) is 13.1 Å². The number of sulfonamides is 1. The van der Waals surface area contributed by atoms with E-state index in [1.165, 1.54) is 0 Å². The van der Waals surface area contributed by atoms with E-state index < -0.39 is 10.0 Å². The van der Waals surface area contributed by atoms with Crippen LogP contribution in [-0.2, 0) is 10.0 Å². The summed E-state index contributed by atoms with van der Waals surface area (Å²) < 4.78 is 27.9. The van der Waals surface area contributed by atoms with Crippen molar-refractivity contribution in [3.63, 3.8) is 0 Å². The molecule has 30 heavy (non-hydrogen) atoms. The van der Waals surface area contributed by atoms with Crippen molar-refractivity contribution in [2.24, 2.45) is 0 Å². The number of benzene rings is 3. The third-order valence-corrected chi connectivity index (χ3v) is 6.06. The van der Waals surface area contributed by atoms with Gasteiger partial charge in [0.05, 0.1) is 16.1 Å². The van der Waals surface area contributed by atoms with E-state index >= 15 is 0 Å². The van der Waals surface area contributed by atoms with Gasteiger partial charge in [-0.1, -0.05) is 48.0 Å². The first-order valence-corrected chi connectivity index (χ1v) is 11.1. The van der Waals surface area contributed by atoms with E-state index in [1.807, 2.05) is 49.2 Å². The molecule has 0 spiro atoms. The Morgan fingerprint density at radius 1 is 0.900 bits per heavy atom. The number of aryl methyl sites for hydroxylation is 1. The molecule has 156 valence electrons. The molecule has 0 radical (unpaired) electrons. The number of hydrogen-bond donors (Lipinski definition) is 2. The van der Waals surface area contributed by atoms with Crippen molar-refractivity contribution in [1.82, 2.24) is 5.32 Å². The van der Waals surface area contributed by atoms with Crippen molar-refractivity contribution in [3.8, 4) is 0 Å².